The first-order chi connectivity index (χ1) is 11.2. The number of halogens is 3. The zero-order valence-corrected chi connectivity index (χ0v) is 14.6. The van der Waals surface area contributed by atoms with E-state index in [9.17, 15) is 9.50 Å². The Kier molecular flexibility index (Phi) is 4.15. The minimum absolute atomic E-state index is 0.0108. The molecule has 3 aromatic rings. The standard InChI is InChI=1S/C16H13Cl2FN4O/c1-7-9-4-8(12-10(17)6-20-15(18)21-12)5-11(19)13(9)22-23-14(7)16(2,3)24/h4-6,24H,1-3H3. The minimum atomic E-state index is -1.20. The first kappa shape index (κ1) is 17.0. The number of rotatable bonds is 2. The van der Waals surface area contributed by atoms with E-state index in [4.69, 9.17) is 23.2 Å². The molecule has 124 valence electrons. The molecule has 0 fully saturated rings. The van der Waals surface area contributed by atoms with E-state index in [1.54, 1.807) is 26.8 Å². The summed E-state index contributed by atoms with van der Waals surface area (Å²) >= 11 is 11.9. The third-order valence-corrected chi connectivity index (χ3v) is 4.10. The van der Waals surface area contributed by atoms with Gasteiger partial charge in [-0.05, 0) is 50.1 Å². The first-order valence-electron chi connectivity index (χ1n) is 7.06. The largest absolute Gasteiger partial charge is 0.384 e. The molecule has 0 aliphatic carbocycles. The van der Waals surface area contributed by atoms with Crippen LogP contribution in [0.15, 0.2) is 18.3 Å². The lowest BCUT2D eigenvalue weighted by Gasteiger charge is -2.19. The van der Waals surface area contributed by atoms with Crippen molar-refractivity contribution in [3.8, 4) is 11.3 Å². The SMILES string of the molecule is Cc1c(C(C)(C)O)nnc2c(F)cc(-c3nc(Cl)ncc3Cl)cc12. The molecule has 1 aromatic carbocycles. The van der Waals surface area contributed by atoms with Crippen LogP contribution in [0.25, 0.3) is 22.2 Å². The van der Waals surface area contributed by atoms with Crippen LogP contribution in [0.5, 0.6) is 0 Å². The summed E-state index contributed by atoms with van der Waals surface area (Å²) in [5.41, 5.74) is 0.669. The van der Waals surface area contributed by atoms with E-state index >= 15 is 0 Å². The third kappa shape index (κ3) is 2.92. The Morgan fingerprint density at radius 1 is 1.17 bits per heavy atom. The maximum Gasteiger partial charge on any atom is 0.222 e. The Labute approximate surface area is 147 Å². The average Bonchev–Trinajstić information content (AvgIpc) is 2.49. The van der Waals surface area contributed by atoms with Gasteiger partial charge < -0.3 is 5.11 Å². The number of hydrogen-bond acceptors (Lipinski definition) is 5. The Morgan fingerprint density at radius 3 is 2.54 bits per heavy atom. The molecule has 1 N–H and O–H groups in total. The van der Waals surface area contributed by atoms with Gasteiger partial charge in [0.15, 0.2) is 5.82 Å². The van der Waals surface area contributed by atoms with Gasteiger partial charge >= 0.3 is 0 Å². The number of nitrogens with zero attached hydrogens (tertiary/aromatic N) is 4. The number of hydrogen-bond donors (Lipinski definition) is 1. The fraction of sp³-hybridized carbons (Fsp3) is 0.250. The molecule has 2 heterocycles. The van der Waals surface area contributed by atoms with Crippen molar-refractivity contribution in [1.82, 2.24) is 20.2 Å². The van der Waals surface area contributed by atoms with E-state index in [0.29, 0.717) is 27.9 Å². The zero-order chi connectivity index (χ0) is 17.6. The molecular weight excluding hydrogens is 354 g/mol. The van der Waals surface area contributed by atoms with E-state index < -0.39 is 11.4 Å². The Hall–Kier alpha value is -1.89. The molecule has 3 rings (SSSR count). The smallest absolute Gasteiger partial charge is 0.222 e. The van der Waals surface area contributed by atoms with Gasteiger partial charge in [0.25, 0.3) is 0 Å². The van der Waals surface area contributed by atoms with Crippen LogP contribution in [0.3, 0.4) is 0 Å². The molecule has 0 bridgehead atoms. The van der Waals surface area contributed by atoms with Crippen molar-refractivity contribution in [2.75, 3.05) is 0 Å². The summed E-state index contributed by atoms with van der Waals surface area (Å²) in [4.78, 5) is 7.85. The Balaban J connectivity index is 2.33. The number of aromatic nitrogens is 4. The monoisotopic (exact) mass is 366 g/mol. The first-order valence-corrected chi connectivity index (χ1v) is 7.82. The third-order valence-electron chi connectivity index (χ3n) is 3.64. The van der Waals surface area contributed by atoms with E-state index in [2.05, 4.69) is 20.2 Å². The second kappa shape index (κ2) is 5.88. The topological polar surface area (TPSA) is 71.8 Å². The molecule has 0 spiro atoms. The normalized spacial score (nSPS) is 12.0. The second-order valence-corrected chi connectivity index (χ2v) is 6.67. The van der Waals surface area contributed by atoms with Gasteiger partial charge in [0.1, 0.15) is 11.1 Å². The Morgan fingerprint density at radius 2 is 1.88 bits per heavy atom. The number of benzene rings is 1. The number of aliphatic hydroxyl groups is 1. The molecular formula is C16H13Cl2FN4O. The van der Waals surface area contributed by atoms with Crippen LogP contribution in [0.1, 0.15) is 25.1 Å². The van der Waals surface area contributed by atoms with Gasteiger partial charge in [0, 0.05) is 10.9 Å². The van der Waals surface area contributed by atoms with Crippen LogP contribution in [0, 0.1) is 12.7 Å². The number of aryl methyl sites for hydroxylation is 1. The average molecular weight is 367 g/mol. The molecule has 0 aliphatic rings. The van der Waals surface area contributed by atoms with Crippen molar-refractivity contribution in [3.05, 3.63) is 45.7 Å². The second-order valence-electron chi connectivity index (χ2n) is 5.92. The summed E-state index contributed by atoms with van der Waals surface area (Å²) in [5.74, 6) is -0.564. The van der Waals surface area contributed by atoms with E-state index in [-0.39, 0.29) is 15.8 Å². The van der Waals surface area contributed by atoms with Gasteiger partial charge in [-0.3, -0.25) is 0 Å². The molecule has 8 heteroatoms. The lowest BCUT2D eigenvalue weighted by atomic mass is 9.96. The van der Waals surface area contributed by atoms with E-state index in [1.807, 2.05) is 0 Å². The maximum atomic E-state index is 14.5. The summed E-state index contributed by atoms with van der Waals surface area (Å²) in [6.07, 6.45) is 1.36. The lowest BCUT2D eigenvalue weighted by Crippen LogP contribution is -2.20. The van der Waals surface area contributed by atoms with Crippen molar-refractivity contribution in [2.24, 2.45) is 0 Å². The van der Waals surface area contributed by atoms with Crippen LogP contribution < -0.4 is 0 Å². The molecule has 2 aromatic heterocycles. The molecule has 24 heavy (non-hydrogen) atoms. The zero-order valence-electron chi connectivity index (χ0n) is 13.1. The molecule has 0 radical (unpaired) electrons. The Bertz CT molecular complexity index is 957. The van der Waals surface area contributed by atoms with Gasteiger partial charge in [-0.2, -0.15) is 5.10 Å². The lowest BCUT2D eigenvalue weighted by molar-refractivity contribution is 0.0723. The molecule has 0 aliphatic heterocycles. The minimum Gasteiger partial charge on any atom is -0.384 e. The fourth-order valence-electron chi connectivity index (χ4n) is 2.56. The molecule has 0 unspecified atom stereocenters. The van der Waals surface area contributed by atoms with Gasteiger partial charge in [0.2, 0.25) is 5.28 Å². The summed E-state index contributed by atoms with van der Waals surface area (Å²) in [5, 5.41) is 18.9. The summed E-state index contributed by atoms with van der Waals surface area (Å²) in [6, 6.07) is 2.97. The van der Waals surface area contributed by atoms with E-state index in [0.717, 1.165) is 0 Å². The van der Waals surface area contributed by atoms with Crippen molar-refractivity contribution < 1.29 is 9.50 Å². The van der Waals surface area contributed by atoms with Gasteiger partial charge in [-0.15, -0.1) is 5.10 Å². The summed E-state index contributed by atoms with van der Waals surface area (Å²) in [6.45, 7) is 4.94. The van der Waals surface area contributed by atoms with Crippen LogP contribution in [-0.2, 0) is 5.60 Å². The molecule has 0 saturated heterocycles. The molecule has 5 nitrogen and oxygen atoms in total. The van der Waals surface area contributed by atoms with Crippen molar-refractivity contribution >= 4 is 34.1 Å². The van der Waals surface area contributed by atoms with Crippen LogP contribution in [0.4, 0.5) is 4.39 Å². The predicted octanol–water partition coefficient (Wildman–Crippen LogP) is 4.07. The maximum absolute atomic E-state index is 14.5. The highest BCUT2D eigenvalue weighted by Crippen LogP contribution is 2.33. The van der Waals surface area contributed by atoms with Gasteiger partial charge in [-0.25, -0.2) is 14.4 Å². The van der Waals surface area contributed by atoms with Crippen LogP contribution >= 0.6 is 23.2 Å². The highest BCUT2D eigenvalue weighted by molar-refractivity contribution is 6.33. The molecule has 0 amide bonds. The number of fused-ring (bicyclic) bond motifs is 1. The van der Waals surface area contributed by atoms with E-state index in [1.165, 1.54) is 12.3 Å². The quantitative estimate of drug-likeness (QED) is 0.692. The summed E-state index contributed by atoms with van der Waals surface area (Å²) in [7, 11) is 0. The molecule has 0 saturated carbocycles. The van der Waals surface area contributed by atoms with Crippen LogP contribution in [0.2, 0.25) is 10.3 Å². The highest BCUT2D eigenvalue weighted by Gasteiger charge is 2.24. The van der Waals surface area contributed by atoms with Crippen molar-refractivity contribution in [3.63, 3.8) is 0 Å². The predicted molar refractivity (Wildman–Crippen MR) is 90.5 cm³/mol. The van der Waals surface area contributed by atoms with Crippen LogP contribution in [-0.4, -0.2) is 25.3 Å². The summed E-state index contributed by atoms with van der Waals surface area (Å²) < 4.78 is 14.5. The van der Waals surface area contributed by atoms with Gasteiger partial charge in [0.05, 0.1) is 22.6 Å². The van der Waals surface area contributed by atoms with Crippen molar-refractivity contribution in [1.29, 1.82) is 0 Å². The highest BCUT2D eigenvalue weighted by atomic mass is 35.5. The van der Waals surface area contributed by atoms with Crippen molar-refractivity contribution in [2.45, 2.75) is 26.4 Å². The van der Waals surface area contributed by atoms with Gasteiger partial charge in [-0.1, -0.05) is 11.6 Å². The molecule has 0 atom stereocenters. The fourth-order valence-corrected chi connectivity index (χ4v) is 2.89.